The summed E-state index contributed by atoms with van der Waals surface area (Å²) in [6, 6.07) is 9.17. The highest BCUT2D eigenvalue weighted by atomic mass is 16.8. The molecule has 0 aromatic heterocycles. The van der Waals surface area contributed by atoms with Crippen LogP contribution in [0.5, 0.6) is 0 Å². The van der Waals surface area contributed by atoms with Crippen molar-refractivity contribution in [3.63, 3.8) is 0 Å². The van der Waals surface area contributed by atoms with Gasteiger partial charge in [-0.2, -0.15) is 0 Å². The Morgan fingerprint density at radius 2 is 2.16 bits per heavy atom. The molecule has 5 nitrogen and oxygen atoms in total. The van der Waals surface area contributed by atoms with Crippen LogP contribution in [-0.4, -0.2) is 23.2 Å². The third kappa shape index (κ3) is 3.47. The summed E-state index contributed by atoms with van der Waals surface area (Å²) in [4.78, 5) is 28.0. The van der Waals surface area contributed by atoms with Crippen LogP contribution in [0, 0.1) is 0 Å². The van der Waals surface area contributed by atoms with E-state index in [1.54, 1.807) is 0 Å². The third-order valence-electron chi connectivity index (χ3n) is 2.94. The summed E-state index contributed by atoms with van der Waals surface area (Å²) in [7, 11) is 0. The molecule has 0 unspecified atom stereocenters. The quantitative estimate of drug-likeness (QED) is 0.838. The molecule has 1 amide bonds. The van der Waals surface area contributed by atoms with E-state index >= 15 is 0 Å². The maximum absolute atomic E-state index is 11.9. The Labute approximate surface area is 112 Å². The summed E-state index contributed by atoms with van der Waals surface area (Å²) in [5, 5.41) is 1.06. The van der Waals surface area contributed by atoms with Gasteiger partial charge in [0.2, 0.25) is 0 Å². The topological polar surface area (TPSA) is 55.8 Å². The van der Waals surface area contributed by atoms with Crippen molar-refractivity contribution in [1.29, 1.82) is 0 Å². The summed E-state index contributed by atoms with van der Waals surface area (Å²) in [6.45, 7) is 2.17. The second kappa shape index (κ2) is 6.22. The van der Waals surface area contributed by atoms with E-state index in [4.69, 9.17) is 9.57 Å². The molecule has 1 heterocycles. The monoisotopic (exact) mass is 263 g/mol. The van der Waals surface area contributed by atoms with Crippen molar-refractivity contribution in [3.05, 3.63) is 35.9 Å². The molecule has 2 rings (SSSR count). The maximum Gasteiger partial charge on any atom is 0.443 e. The van der Waals surface area contributed by atoms with Crippen molar-refractivity contribution in [3.8, 4) is 0 Å². The fraction of sp³-hybridized carbons (Fsp3) is 0.429. The molecule has 1 aliphatic rings. The summed E-state index contributed by atoms with van der Waals surface area (Å²) in [5.74, 6) is -0.380. The van der Waals surface area contributed by atoms with Crippen molar-refractivity contribution in [2.24, 2.45) is 0 Å². The van der Waals surface area contributed by atoms with Crippen molar-refractivity contribution in [2.75, 3.05) is 0 Å². The first-order valence-electron chi connectivity index (χ1n) is 6.41. The number of carbonyl (C=O) groups excluding carboxylic acids is 2. The van der Waals surface area contributed by atoms with Crippen LogP contribution in [0.15, 0.2) is 30.3 Å². The van der Waals surface area contributed by atoms with Gasteiger partial charge in [-0.15, -0.1) is 5.06 Å². The smallest absolute Gasteiger partial charge is 0.442 e. The molecule has 5 heteroatoms. The Kier molecular flexibility index (Phi) is 4.39. The molecule has 19 heavy (non-hydrogen) atoms. The first-order chi connectivity index (χ1) is 9.20. The minimum atomic E-state index is -0.604. The van der Waals surface area contributed by atoms with Crippen LogP contribution in [0.3, 0.4) is 0 Å². The first kappa shape index (κ1) is 13.4. The number of carbonyl (C=O) groups is 2. The fourth-order valence-electron chi connectivity index (χ4n) is 2.02. The van der Waals surface area contributed by atoms with Crippen molar-refractivity contribution < 1.29 is 19.2 Å². The molecule has 0 spiro atoms. The lowest BCUT2D eigenvalue weighted by Crippen LogP contribution is -2.34. The van der Waals surface area contributed by atoms with Gasteiger partial charge in [0, 0.05) is 0 Å². The Balaban J connectivity index is 1.90. The molecule has 0 bridgehead atoms. The standard InChI is InChI=1S/C14H17NO4/c1-2-6-12-9-13(16)19-15(12)14(17)18-10-11-7-4-3-5-8-11/h3-5,7-8,12H,2,6,9-10H2,1H3/t12-/m1/s1. The predicted octanol–water partition coefficient (Wildman–Crippen LogP) is 2.66. The second-order valence-corrected chi connectivity index (χ2v) is 4.48. The molecule has 1 aromatic rings. The molecule has 102 valence electrons. The van der Waals surface area contributed by atoms with E-state index in [0.717, 1.165) is 23.5 Å². The lowest BCUT2D eigenvalue weighted by atomic mass is 10.1. The lowest BCUT2D eigenvalue weighted by Gasteiger charge is -2.19. The molecule has 1 aromatic carbocycles. The molecule has 0 radical (unpaired) electrons. The van der Waals surface area contributed by atoms with E-state index in [2.05, 4.69) is 0 Å². The number of ether oxygens (including phenoxy) is 1. The van der Waals surface area contributed by atoms with Gasteiger partial charge >= 0.3 is 12.1 Å². The van der Waals surface area contributed by atoms with Gasteiger partial charge in [-0.05, 0) is 12.0 Å². The number of hydrogen-bond donors (Lipinski definition) is 0. The van der Waals surface area contributed by atoms with Crippen LogP contribution in [-0.2, 0) is 21.0 Å². The molecule has 1 fully saturated rings. The van der Waals surface area contributed by atoms with Crippen molar-refractivity contribution >= 4 is 12.1 Å². The zero-order valence-electron chi connectivity index (χ0n) is 10.9. The van der Waals surface area contributed by atoms with E-state index in [0.29, 0.717) is 0 Å². The van der Waals surface area contributed by atoms with Gasteiger partial charge in [-0.1, -0.05) is 43.7 Å². The first-order valence-corrected chi connectivity index (χ1v) is 6.41. The molecule has 1 atom stereocenters. The highest BCUT2D eigenvalue weighted by Crippen LogP contribution is 2.21. The average Bonchev–Trinajstić information content (AvgIpc) is 2.79. The van der Waals surface area contributed by atoms with Crippen molar-refractivity contribution in [1.82, 2.24) is 5.06 Å². The van der Waals surface area contributed by atoms with Gasteiger partial charge in [0.15, 0.2) is 0 Å². The van der Waals surface area contributed by atoms with Crippen LogP contribution < -0.4 is 0 Å². The van der Waals surface area contributed by atoms with Crippen molar-refractivity contribution in [2.45, 2.75) is 38.8 Å². The number of benzene rings is 1. The van der Waals surface area contributed by atoms with Gasteiger partial charge in [0.25, 0.3) is 0 Å². The minimum absolute atomic E-state index is 0.173. The van der Waals surface area contributed by atoms with Crippen LogP contribution in [0.2, 0.25) is 0 Å². The highest BCUT2D eigenvalue weighted by Gasteiger charge is 2.37. The molecule has 1 aliphatic heterocycles. The van der Waals surface area contributed by atoms with Crippen LogP contribution in [0.4, 0.5) is 4.79 Å². The van der Waals surface area contributed by atoms with Gasteiger partial charge in [0.1, 0.15) is 6.61 Å². The highest BCUT2D eigenvalue weighted by molar-refractivity contribution is 5.77. The molecular weight excluding hydrogens is 246 g/mol. The van der Waals surface area contributed by atoms with E-state index in [1.807, 2.05) is 37.3 Å². The fourth-order valence-corrected chi connectivity index (χ4v) is 2.02. The third-order valence-corrected chi connectivity index (χ3v) is 2.94. The predicted molar refractivity (Wildman–Crippen MR) is 67.9 cm³/mol. The molecule has 1 saturated heterocycles. The zero-order valence-corrected chi connectivity index (χ0v) is 10.9. The Morgan fingerprint density at radius 3 is 2.84 bits per heavy atom. The molecule has 0 saturated carbocycles. The molecular formula is C14H17NO4. The summed E-state index contributed by atoms with van der Waals surface area (Å²) >= 11 is 0. The van der Waals surface area contributed by atoms with Crippen LogP contribution in [0.1, 0.15) is 31.7 Å². The maximum atomic E-state index is 11.9. The SMILES string of the molecule is CCC[C@@H]1CC(=O)ON1C(=O)OCc1ccccc1. The minimum Gasteiger partial charge on any atom is -0.442 e. The Bertz CT molecular complexity index is 446. The van der Waals surface area contributed by atoms with Gasteiger partial charge in [-0.25, -0.2) is 9.59 Å². The van der Waals surface area contributed by atoms with E-state index < -0.39 is 6.09 Å². The number of rotatable bonds is 4. The normalized spacial score (nSPS) is 18.3. The zero-order chi connectivity index (χ0) is 13.7. The van der Waals surface area contributed by atoms with E-state index in [-0.39, 0.29) is 25.0 Å². The van der Waals surface area contributed by atoms with E-state index in [1.165, 1.54) is 0 Å². The van der Waals surface area contributed by atoms with Gasteiger partial charge in [-0.3, -0.25) is 0 Å². The lowest BCUT2D eigenvalue weighted by molar-refractivity contribution is -0.167. The summed E-state index contributed by atoms with van der Waals surface area (Å²) < 4.78 is 5.15. The second-order valence-electron chi connectivity index (χ2n) is 4.48. The molecule has 0 N–H and O–H groups in total. The number of amides is 1. The summed E-state index contributed by atoms with van der Waals surface area (Å²) in [5.41, 5.74) is 0.897. The van der Waals surface area contributed by atoms with Crippen LogP contribution >= 0.6 is 0 Å². The number of nitrogens with zero attached hydrogens (tertiary/aromatic N) is 1. The summed E-state index contributed by atoms with van der Waals surface area (Å²) in [6.07, 6.45) is 1.25. The Morgan fingerprint density at radius 1 is 1.42 bits per heavy atom. The number of hydroxylamine groups is 2. The van der Waals surface area contributed by atoms with Crippen LogP contribution in [0.25, 0.3) is 0 Å². The number of hydrogen-bond acceptors (Lipinski definition) is 4. The van der Waals surface area contributed by atoms with Gasteiger partial charge < -0.3 is 9.57 Å². The van der Waals surface area contributed by atoms with E-state index in [9.17, 15) is 9.59 Å². The molecule has 0 aliphatic carbocycles. The largest absolute Gasteiger partial charge is 0.443 e. The average molecular weight is 263 g/mol. The van der Waals surface area contributed by atoms with Gasteiger partial charge in [0.05, 0.1) is 12.5 Å². The Hall–Kier alpha value is -2.04.